The summed E-state index contributed by atoms with van der Waals surface area (Å²) in [5.74, 6) is -1.69. The van der Waals surface area contributed by atoms with Crippen molar-refractivity contribution in [3.63, 3.8) is 0 Å². The van der Waals surface area contributed by atoms with Crippen molar-refractivity contribution in [2.75, 3.05) is 18.5 Å². The van der Waals surface area contributed by atoms with E-state index in [0.717, 1.165) is 22.3 Å². The van der Waals surface area contributed by atoms with Crippen LogP contribution in [0.3, 0.4) is 0 Å². The van der Waals surface area contributed by atoms with Gasteiger partial charge in [-0.2, -0.15) is 0 Å². The van der Waals surface area contributed by atoms with Gasteiger partial charge in [0, 0.05) is 10.4 Å². The molecule has 3 aromatic rings. The van der Waals surface area contributed by atoms with Gasteiger partial charge in [0.05, 0.1) is 11.3 Å². The van der Waals surface area contributed by atoms with Crippen LogP contribution in [0, 0.1) is 0 Å². The van der Waals surface area contributed by atoms with Gasteiger partial charge in [0.25, 0.3) is 0 Å². The van der Waals surface area contributed by atoms with E-state index >= 15 is 0 Å². The number of carboxylic acids is 1. The SMILES string of the molecule is O=C(CNC(=O)OCC1c2ccccc2-c2ccccc21)Nc1cc(C(=O)O)ccc1Br. The molecule has 0 atom stereocenters. The molecule has 4 rings (SSSR count). The van der Waals surface area contributed by atoms with E-state index in [-0.39, 0.29) is 24.6 Å². The van der Waals surface area contributed by atoms with Gasteiger partial charge >= 0.3 is 12.1 Å². The molecule has 0 spiro atoms. The van der Waals surface area contributed by atoms with Crippen LogP contribution in [-0.4, -0.2) is 36.2 Å². The first-order valence-electron chi connectivity index (χ1n) is 9.85. The molecule has 0 heterocycles. The highest BCUT2D eigenvalue weighted by Crippen LogP contribution is 2.44. The topological polar surface area (TPSA) is 105 Å². The van der Waals surface area contributed by atoms with Gasteiger partial charge in [-0.1, -0.05) is 48.5 Å². The van der Waals surface area contributed by atoms with E-state index < -0.39 is 18.0 Å². The summed E-state index contributed by atoms with van der Waals surface area (Å²) in [6.07, 6.45) is -0.708. The van der Waals surface area contributed by atoms with E-state index in [9.17, 15) is 14.4 Å². The molecule has 0 saturated heterocycles. The van der Waals surface area contributed by atoms with Gasteiger partial charge in [0.2, 0.25) is 5.91 Å². The molecule has 8 heteroatoms. The van der Waals surface area contributed by atoms with Gasteiger partial charge in [-0.3, -0.25) is 4.79 Å². The first-order chi connectivity index (χ1) is 15.4. The fourth-order valence-electron chi connectivity index (χ4n) is 3.75. The maximum absolute atomic E-state index is 12.2. The number of aromatic carboxylic acids is 1. The molecule has 0 radical (unpaired) electrons. The Hall–Kier alpha value is -3.65. The average Bonchev–Trinajstić information content (AvgIpc) is 3.11. The number of halogens is 1. The highest BCUT2D eigenvalue weighted by molar-refractivity contribution is 9.10. The van der Waals surface area contributed by atoms with Gasteiger partial charge in [0.15, 0.2) is 0 Å². The highest BCUT2D eigenvalue weighted by Gasteiger charge is 2.29. The molecule has 7 nitrogen and oxygen atoms in total. The molecule has 0 aliphatic heterocycles. The number of benzene rings is 3. The van der Waals surface area contributed by atoms with E-state index in [1.807, 2.05) is 36.4 Å². The largest absolute Gasteiger partial charge is 0.478 e. The van der Waals surface area contributed by atoms with Crippen LogP contribution in [-0.2, 0) is 9.53 Å². The third-order valence-electron chi connectivity index (χ3n) is 5.22. The number of fused-ring (bicyclic) bond motifs is 3. The fourth-order valence-corrected chi connectivity index (χ4v) is 4.10. The first kappa shape index (κ1) is 21.6. The van der Waals surface area contributed by atoms with Crippen LogP contribution in [0.4, 0.5) is 10.5 Å². The maximum Gasteiger partial charge on any atom is 0.407 e. The van der Waals surface area contributed by atoms with Crippen molar-refractivity contribution >= 4 is 39.6 Å². The predicted molar refractivity (Wildman–Crippen MR) is 123 cm³/mol. The number of ether oxygens (including phenoxy) is 1. The molecule has 3 N–H and O–H groups in total. The van der Waals surface area contributed by atoms with E-state index in [1.54, 1.807) is 0 Å². The number of nitrogens with one attached hydrogen (secondary N) is 2. The molecular weight excluding hydrogens is 476 g/mol. The minimum atomic E-state index is -1.11. The molecule has 0 fully saturated rings. The molecule has 2 amide bonds. The molecule has 32 heavy (non-hydrogen) atoms. The molecule has 0 unspecified atom stereocenters. The Balaban J connectivity index is 1.33. The molecule has 0 bridgehead atoms. The Morgan fingerprint density at radius 3 is 2.19 bits per heavy atom. The summed E-state index contributed by atoms with van der Waals surface area (Å²) in [4.78, 5) is 35.5. The van der Waals surface area contributed by atoms with Crippen LogP contribution in [0.15, 0.2) is 71.2 Å². The predicted octanol–water partition coefficient (Wildman–Crippen LogP) is 4.62. The van der Waals surface area contributed by atoms with Gasteiger partial charge in [-0.15, -0.1) is 0 Å². The van der Waals surface area contributed by atoms with E-state index in [0.29, 0.717) is 10.2 Å². The van der Waals surface area contributed by atoms with Crippen LogP contribution < -0.4 is 10.6 Å². The molecule has 162 valence electrons. The molecule has 1 aliphatic rings. The quantitative estimate of drug-likeness (QED) is 0.463. The van der Waals surface area contributed by atoms with E-state index in [2.05, 4.69) is 38.7 Å². The van der Waals surface area contributed by atoms with Crippen LogP contribution >= 0.6 is 15.9 Å². The average molecular weight is 495 g/mol. The van der Waals surface area contributed by atoms with Crippen molar-refractivity contribution in [3.05, 3.63) is 87.9 Å². The van der Waals surface area contributed by atoms with Crippen LogP contribution in [0.5, 0.6) is 0 Å². The number of carbonyl (C=O) groups excluding carboxylic acids is 2. The highest BCUT2D eigenvalue weighted by atomic mass is 79.9. The van der Waals surface area contributed by atoms with E-state index in [4.69, 9.17) is 9.84 Å². The van der Waals surface area contributed by atoms with Crippen LogP contribution in [0.1, 0.15) is 27.4 Å². The molecule has 3 aromatic carbocycles. The summed E-state index contributed by atoms with van der Waals surface area (Å²) >= 11 is 3.26. The Bertz CT molecular complexity index is 1160. The lowest BCUT2D eigenvalue weighted by molar-refractivity contribution is -0.115. The van der Waals surface area contributed by atoms with Crippen molar-refractivity contribution in [2.24, 2.45) is 0 Å². The van der Waals surface area contributed by atoms with Gasteiger partial charge in [-0.05, 0) is 56.4 Å². The van der Waals surface area contributed by atoms with Crippen LogP contribution in [0.25, 0.3) is 11.1 Å². The second kappa shape index (κ2) is 9.23. The monoisotopic (exact) mass is 494 g/mol. The Morgan fingerprint density at radius 2 is 1.56 bits per heavy atom. The number of hydrogen-bond donors (Lipinski definition) is 3. The minimum absolute atomic E-state index is 0.0352. The standard InChI is InChI=1S/C24H19BrN2O5/c25-20-10-9-14(23(29)30)11-21(20)27-22(28)12-26-24(31)32-13-19-17-7-3-1-5-15(17)16-6-2-4-8-18(16)19/h1-11,19H,12-13H2,(H,26,31)(H,27,28)(H,29,30). The Kier molecular flexibility index (Phi) is 6.23. The molecule has 1 aliphatic carbocycles. The second-order valence-corrected chi connectivity index (χ2v) is 8.08. The van der Waals surface area contributed by atoms with Crippen molar-refractivity contribution in [2.45, 2.75) is 5.92 Å². The van der Waals surface area contributed by atoms with Crippen molar-refractivity contribution in [1.29, 1.82) is 0 Å². The van der Waals surface area contributed by atoms with Gasteiger partial charge in [-0.25, -0.2) is 9.59 Å². The summed E-state index contributed by atoms with van der Waals surface area (Å²) in [6, 6.07) is 20.3. The minimum Gasteiger partial charge on any atom is -0.478 e. The smallest absolute Gasteiger partial charge is 0.407 e. The molecular formula is C24H19BrN2O5. The van der Waals surface area contributed by atoms with Gasteiger partial charge < -0.3 is 20.5 Å². The van der Waals surface area contributed by atoms with Gasteiger partial charge in [0.1, 0.15) is 13.2 Å². The molecule has 0 saturated carbocycles. The fraction of sp³-hybridized carbons (Fsp3) is 0.125. The first-order valence-corrected chi connectivity index (χ1v) is 10.6. The zero-order chi connectivity index (χ0) is 22.7. The number of rotatable bonds is 6. The third kappa shape index (κ3) is 4.50. The normalized spacial score (nSPS) is 11.9. The van der Waals surface area contributed by atoms with Crippen molar-refractivity contribution in [1.82, 2.24) is 5.32 Å². The number of anilines is 1. The van der Waals surface area contributed by atoms with Crippen LogP contribution in [0.2, 0.25) is 0 Å². The van der Waals surface area contributed by atoms with Crippen molar-refractivity contribution < 1.29 is 24.2 Å². The summed E-state index contributed by atoms with van der Waals surface area (Å²) in [5, 5.41) is 14.1. The number of carbonyl (C=O) groups is 3. The van der Waals surface area contributed by atoms with Crippen molar-refractivity contribution in [3.8, 4) is 11.1 Å². The summed E-state index contributed by atoms with van der Waals surface area (Å²) in [6.45, 7) is -0.173. The zero-order valence-corrected chi connectivity index (χ0v) is 18.4. The lowest BCUT2D eigenvalue weighted by atomic mass is 9.98. The van der Waals surface area contributed by atoms with E-state index in [1.165, 1.54) is 18.2 Å². The molecule has 0 aromatic heterocycles. The third-order valence-corrected chi connectivity index (χ3v) is 5.92. The summed E-state index contributed by atoms with van der Waals surface area (Å²) < 4.78 is 5.92. The Labute approximate surface area is 192 Å². The number of alkyl carbamates (subject to hydrolysis) is 1. The Morgan fingerprint density at radius 1 is 0.938 bits per heavy atom. The lowest BCUT2D eigenvalue weighted by Crippen LogP contribution is -2.34. The number of hydrogen-bond acceptors (Lipinski definition) is 4. The zero-order valence-electron chi connectivity index (χ0n) is 16.8. The maximum atomic E-state index is 12.2. The number of carboxylic acid groups (broad SMARTS) is 1. The lowest BCUT2D eigenvalue weighted by Gasteiger charge is -2.14. The second-order valence-electron chi connectivity index (χ2n) is 7.23. The summed E-state index contributed by atoms with van der Waals surface area (Å²) in [7, 11) is 0. The number of amides is 2. The summed E-state index contributed by atoms with van der Waals surface area (Å²) in [5.41, 5.74) is 4.79.